The van der Waals surface area contributed by atoms with Crippen LogP contribution in [0.2, 0.25) is 18.1 Å². The zero-order valence-electron chi connectivity index (χ0n) is 37.9. The van der Waals surface area contributed by atoms with E-state index in [1.54, 1.807) is 14.2 Å². The average Bonchev–Trinajstić information content (AvgIpc) is 3.17. The number of rotatable bonds is 28. The van der Waals surface area contributed by atoms with Crippen LogP contribution in [0.3, 0.4) is 0 Å². The van der Waals surface area contributed by atoms with Crippen molar-refractivity contribution < 1.29 is 33.0 Å². The molecule has 0 radical (unpaired) electrons. The summed E-state index contributed by atoms with van der Waals surface area (Å²) in [5.74, 6) is -0.961. The van der Waals surface area contributed by atoms with E-state index in [1.165, 1.54) is 6.08 Å². The smallest absolute Gasteiger partial charge is 0.331 e. The molecule has 0 unspecified atom stereocenters. The predicted octanol–water partition coefficient (Wildman–Crippen LogP) is 10.0. The molecule has 0 aromatic rings. The average molecular weight is 821 g/mol. The molecule has 0 aliphatic rings. The Kier molecular flexibility index (Phi) is 27.1. The van der Waals surface area contributed by atoms with Crippen LogP contribution in [0, 0.1) is 11.8 Å². The summed E-state index contributed by atoms with van der Waals surface area (Å²) in [6, 6.07) is -0.809. The minimum absolute atomic E-state index is 0.0144. The van der Waals surface area contributed by atoms with Gasteiger partial charge in [-0.3, -0.25) is 9.59 Å². The SMILES string of the molecule is C=CC[C@@H](/C=C(C)/C=C/[C@@H](C)/C=C/C(=O)O[C@H](/C(C)=C/C=C(\C)CNC(=O)[C@H](CO[Si](C)(C)C(C)(C)C)NC=O)[C@@H](C)/C=C/C=C/[C@H](CC/C=C(/C)C=C)OC)OC. The van der Waals surface area contributed by atoms with Gasteiger partial charge in [0, 0.05) is 32.8 Å². The van der Waals surface area contributed by atoms with Crippen molar-refractivity contribution in [1.82, 2.24) is 10.6 Å². The van der Waals surface area contributed by atoms with E-state index >= 15 is 0 Å². The molecule has 0 saturated carbocycles. The number of methoxy groups -OCH3 is 2. The van der Waals surface area contributed by atoms with E-state index in [9.17, 15) is 14.4 Å². The number of amides is 2. The highest BCUT2D eigenvalue weighted by atomic mass is 28.4. The van der Waals surface area contributed by atoms with E-state index < -0.39 is 26.4 Å². The third kappa shape index (κ3) is 23.3. The Morgan fingerprint density at radius 1 is 0.862 bits per heavy atom. The Bertz CT molecular complexity index is 1540. The quantitative estimate of drug-likeness (QED) is 0.0202. The lowest BCUT2D eigenvalue weighted by Crippen LogP contribution is -2.50. The van der Waals surface area contributed by atoms with Gasteiger partial charge in [-0.05, 0) is 76.6 Å². The van der Waals surface area contributed by atoms with Gasteiger partial charge < -0.3 is 29.3 Å². The monoisotopic (exact) mass is 821 g/mol. The van der Waals surface area contributed by atoms with Crippen molar-refractivity contribution in [3.63, 3.8) is 0 Å². The second kappa shape index (κ2) is 29.2. The molecule has 0 bridgehead atoms. The minimum atomic E-state index is -2.13. The van der Waals surface area contributed by atoms with Crippen molar-refractivity contribution in [3.8, 4) is 0 Å². The van der Waals surface area contributed by atoms with Gasteiger partial charge in [0.05, 0.1) is 18.8 Å². The third-order valence-electron chi connectivity index (χ3n) is 10.1. The molecule has 0 spiro atoms. The molecule has 6 atom stereocenters. The fourth-order valence-corrected chi connectivity index (χ4v) is 6.09. The first-order valence-electron chi connectivity index (χ1n) is 20.3. The van der Waals surface area contributed by atoms with Crippen LogP contribution in [0.5, 0.6) is 0 Å². The highest BCUT2D eigenvalue weighted by Gasteiger charge is 2.38. The van der Waals surface area contributed by atoms with Crippen molar-refractivity contribution in [2.75, 3.05) is 27.4 Å². The van der Waals surface area contributed by atoms with Crippen molar-refractivity contribution >= 4 is 26.6 Å². The van der Waals surface area contributed by atoms with Crippen molar-refractivity contribution in [3.05, 3.63) is 121 Å². The molecule has 2 amide bonds. The summed E-state index contributed by atoms with van der Waals surface area (Å²) in [5.41, 5.74) is 3.89. The molecule has 0 aromatic carbocycles. The first-order chi connectivity index (χ1) is 27.2. The van der Waals surface area contributed by atoms with Gasteiger partial charge in [-0.25, -0.2) is 4.79 Å². The summed E-state index contributed by atoms with van der Waals surface area (Å²) in [4.78, 5) is 37.6. The summed E-state index contributed by atoms with van der Waals surface area (Å²) >= 11 is 0. The molecule has 0 heterocycles. The summed E-state index contributed by atoms with van der Waals surface area (Å²) < 4.78 is 23.4. The van der Waals surface area contributed by atoms with Gasteiger partial charge in [-0.15, -0.1) is 6.58 Å². The highest BCUT2D eigenvalue weighted by Crippen LogP contribution is 2.36. The number of ether oxygens (including phenoxy) is 3. The standard InChI is InChI=1S/C48H76N2O7Si/c1-16-21-43(55-13)32-38(5)27-26-37(4)29-31-45(52)57-46(40(7)23-18-19-24-42(54-12)25-20-22-36(3)17-2)41(8)30-28-39(6)33-49-47(53)44(50-35-51)34-56-58(14,15)48(9,10)11/h16-19,22-24,26-32,35,37,40,42-44,46H,1-2,20-21,25,33-34H2,3-15H3,(H,49,53)(H,50,51)/b23-18+,24-19+,27-26+,31-29+,36-22-,38-32+,39-28+,41-30+/t37-,40+,42-,43+,44+,46+/m1/s1. The molecule has 324 valence electrons. The van der Waals surface area contributed by atoms with Gasteiger partial charge in [-0.1, -0.05) is 137 Å². The zero-order valence-corrected chi connectivity index (χ0v) is 38.9. The number of esters is 1. The summed E-state index contributed by atoms with van der Waals surface area (Å²) in [6.45, 7) is 30.4. The lowest BCUT2D eigenvalue weighted by Gasteiger charge is -2.37. The van der Waals surface area contributed by atoms with E-state index in [-0.39, 0.29) is 48.1 Å². The first-order valence-corrected chi connectivity index (χ1v) is 23.2. The maximum Gasteiger partial charge on any atom is 0.331 e. The maximum atomic E-state index is 13.2. The highest BCUT2D eigenvalue weighted by molar-refractivity contribution is 6.74. The Labute approximate surface area is 353 Å². The van der Waals surface area contributed by atoms with E-state index in [4.69, 9.17) is 18.6 Å². The molecule has 0 aromatic heterocycles. The lowest BCUT2D eigenvalue weighted by atomic mass is 9.96. The molecule has 0 aliphatic carbocycles. The number of allylic oxidation sites excluding steroid dienone is 11. The van der Waals surface area contributed by atoms with Gasteiger partial charge in [0.25, 0.3) is 0 Å². The van der Waals surface area contributed by atoms with Crippen LogP contribution in [-0.2, 0) is 33.0 Å². The van der Waals surface area contributed by atoms with Crippen LogP contribution in [0.4, 0.5) is 0 Å². The lowest BCUT2D eigenvalue weighted by molar-refractivity contribution is -0.142. The van der Waals surface area contributed by atoms with Crippen LogP contribution in [-0.4, -0.2) is 78.3 Å². The number of nitrogens with one attached hydrogen (secondary N) is 2. The molecule has 9 nitrogen and oxygen atoms in total. The Balaban J connectivity index is 6.10. The molecule has 58 heavy (non-hydrogen) atoms. The van der Waals surface area contributed by atoms with E-state index in [1.807, 2.05) is 114 Å². The summed E-state index contributed by atoms with van der Waals surface area (Å²) in [7, 11) is 1.25. The van der Waals surface area contributed by atoms with E-state index in [2.05, 4.69) is 63.7 Å². The molecule has 2 N–H and O–H groups in total. The van der Waals surface area contributed by atoms with Gasteiger partial charge in [-0.2, -0.15) is 0 Å². The molecule has 10 heteroatoms. The van der Waals surface area contributed by atoms with E-state index in [0.717, 1.165) is 41.6 Å². The Morgan fingerprint density at radius 3 is 2.09 bits per heavy atom. The topological polar surface area (TPSA) is 112 Å². The van der Waals surface area contributed by atoms with Crippen LogP contribution in [0.25, 0.3) is 0 Å². The van der Waals surface area contributed by atoms with Crippen LogP contribution >= 0.6 is 0 Å². The van der Waals surface area contributed by atoms with Crippen molar-refractivity contribution in [2.45, 2.75) is 124 Å². The second-order valence-corrected chi connectivity index (χ2v) is 21.1. The van der Waals surface area contributed by atoms with Gasteiger partial charge in [0.1, 0.15) is 12.1 Å². The first kappa shape index (κ1) is 53.9. The van der Waals surface area contributed by atoms with E-state index in [0.29, 0.717) is 6.41 Å². The molecule has 0 aliphatic heterocycles. The van der Waals surface area contributed by atoms with Crippen LogP contribution in [0.1, 0.15) is 81.6 Å². The molecular formula is C48H76N2O7Si. The fraction of sp³-hybridized carbons (Fsp3) is 0.521. The Hall–Kier alpha value is -4.09. The largest absolute Gasteiger partial charge is 0.454 e. The maximum absolute atomic E-state index is 13.2. The van der Waals surface area contributed by atoms with Crippen molar-refractivity contribution in [1.29, 1.82) is 0 Å². The van der Waals surface area contributed by atoms with Crippen molar-refractivity contribution in [2.24, 2.45) is 11.8 Å². The molecule has 0 rings (SSSR count). The third-order valence-corrected chi connectivity index (χ3v) is 14.6. The molecule has 0 saturated heterocycles. The second-order valence-electron chi connectivity index (χ2n) is 16.3. The van der Waals surface area contributed by atoms with Gasteiger partial charge >= 0.3 is 5.97 Å². The van der Waals surface area contributed by atoms with Crippen LogP contribution < -0.4 is 10.6 Å². The number of hydrogen-bond donors (Lipinski definition) is 2. The predicted molar refractivity (Wildman–Crippen MR) is 245 cm³/mol. The zero-order chi connectivity index (χ0) is 44.3. The molecular weight excluding hydrogens is 745 g/mol. The molecule has 0 fully saturated rings. The fourth-order valence-electron chi connectivity index (χ4n) is 5.07. The van der Waals surface area contributed by atoms with Crippen LogP contribution in [0.15, 0.2) is 121 Å². The normalized spacial score (nSPS) is 17.0. The van der Waals surface area contributed by atoms with Gasteiger partial charge in [0.2, 0.25) is 12.3 Å². The number of carbonyl (C=O) groups excluding carboxylic acids is 3. The number of carbonyl (C=O) groups is 3. The minimum Gasteiger partial charge on any atom is -0.454 e. The van der Waals surface area contributed by atoms with Gasteiger partial charge in [0.15, 0.2) is 8.32 Å². The number of hydrogen-bond acceptors (Lipinski definition) is 7. The Morgan fingerprint density at radius 2 is 1.50 bits per heavy atom. The summed E-state index contributed by atoms with van der Waals surface area (Å²) in [5, 5.41) is 5.47. The summed E-state index contributed by atoms with van der Waals surface area (Å²) in [6.07, 6.45) is 29.2.